The molecule has 0 unspecified atom stereocenters. The molecule has 1 amide bonds. The minimum atomic E-state index is -2.90. The molecule has 1 aromatic rings. The Morgan fingerprint density at radius 3 is 2.70 bits per heavy atom. The quantitative estimate of drug-likeness (QED) is 0.817. The van der Waals surface area contributed by atoms with Crippen LogP contribution in [0.25, 0.3) is 0 Å². The van der Waals surface area contributed by atoms with Crippen LogP contribution >= 0.6 is 0 Å². The molecule has 0 spiro atoms. The van der Waals surface area contributed by atoms with E-state index in [9.17, 15) is 13.2 Å². The van der Waals surface area contributed by atoms with Gasteiger partial charge in [-0.2, -0.15) is 0 Å². The van der Waals surface area contributed by atoms with Crippen molar-refractivity contribution in [3.63, 3.8) is 0 Å². The summed E-state index contributed by atoms with van der Waals surface area (Å²) < 4.78 is 22.3. The summed E-state index contributed by atoms with van der Waals surface area (Å²) in [6.45, 7) is 2.23. The van der Waals surface area contributed by atoms with Gasteiger partial charge in [0.15, 0.2) is 0 Å². The lowest BCUT2D eigenvalue weighted by molar-refractivity contribution is 0.0913. The van der Waals surface area contributed by atoms with Crippen molar-refractivity contribution in [2.45, 2.75) is 18.9 Å². The highest BCUT2D eigenvalue weighted by molar-refractivity contribution is 7.90. The molecule has 0 saturated carbocycles. The van der Waals surface area contributed by atoms with Crippen molar-refractivity contribution in [1.82, 2.24) is 15.2 Å². The number of rotatable bonds is 5. The number of likely N-dealkylation sites (tertiary alicyclic amines) is 1. The maximum absolute atomic E-state index is 11.9. The molecule has 20 heavy (non-hydrogen) atoms. The van der Waals surface area contributed by atoms with Gasteiger partial charge in [-0.3, -0.25) is 4.79 Å². The largest absolute Gasteiger partial charge is 0.367 e. The average Bonchev–Trinajstić information content (AvgIpc) is 2.91. The van der Waals surface area contributed by atoms with Crippen LogP contribution in [0.15, 0.2) is 18.5 Å². The minimum Gasteiger partial charge on any atom is -0.367 e. The molecule has 1 fully saturated rings. The molecule has 2 rings (SSSR count). The number of hydrogen-bond acceptors (Lipinski definition) is 4. The molecule has 1 saturated heterocycles. The fraction of sp³-hybridized carbons (Fsp3) is 0.615. The second kappa shape index (κ2) is 6.41. The molecule has 1 aliphatic heterocycles. The van der Waals surface area contributed by atoms with E-state index in [1.165, 1.54) is 6.26 Å². The first-order chi connectivity index (χ1) is 9.44. The van der Waals surface area contributed by atoms with Crippen molar-refractivity contribution < 1.29 is 13.2 Å². The number of nitrogens with one attached hydrogen (secondary N) is 2. The third kappa shape index (κ3) is 4.64. The third-order valence-electron chi connectivity index (χ3n) is 3.56. The van der Waals surface area contributed by atoms with E-state index in [0.717, 1.165) is 25.9 Å². The molecule has 2 heterocycles. The Hall–Kier alpha value is -1.34. The molecular formula is C13H21N3O3S. The maximum atomic E-state index is 11.9. The summed E-state index contributed by atoms with van der Waals surface area (Å²) in [4.78, 5) is 16.9. The molecule has 0 bridgehead atoms. The monoisotopic (exact) mass is 299 g/mol. The predicted molar refractivity (Wildman–Crippen MR) is 77.4 cm³/mol. The van der Waals surface area contributed by atoms with Gasteiger partial charge in [0.25, 0.3) is 5.91 Å². The fourth-order valence-electron chi connectivity index (χ4n) is 2.33. The van der Waals surface area contributed by atoms with Crippen molar-refractivity contribution in [1.29, 1.82) is 0 Å². The van der Waals surface area contributed by atoms with E-state index in [2.05, 4.69) is 15.2 Å². The summed E-state index contributed by atoms with van der Waals surface area (Å²) in [5.41, 5.74) is 0.643. The van der Waals surface area contributed by atoms with Crippen molar-refractivity contribution in [2.75, 3.05) is 31.6 Å². The lowest BCUT2D eigenvalue weighted by Crippen LogP contribution is -2.45. The van der Waals surface area contributed by atoms with Crippen molar-refractivity contribution >= 4 is 15.7 Å². The maximum Gasteiger partial charge on any atom is 0.253 e. The van der Waals surface area contributed by atoms with Gasteiger partial charge in [0, 0.05) is 44.3 Å². The van der Waals surface area contributed by atoms with Crippen molar-refractivity contribution in [3.05, 3.63) is 24.0 Å². The Kier molecular flexibility index (Phi) is 4.82. The van der Waals surface area contributed by atoms with E-state index < -0.39 is 9.84 Å². The highest BCUT2D eigenvalue weighted by atomic mass is 32.2. The first-order valence-corrected chi connectivity index (χ1v) is 8.84. The van der Waals surface area contributed by atoms with Gasteiger partial charge in [-0.05, 0) is 18.9 Å². The van der Waals surface area contributed by atoms with Gasteiger partial charge in [-0.25, -0.2) is 8.42 Å². The Labute approximate surface area is 119 Å². The van der Waals surface area contributed by atoms with Gasteiger partial charge in [0.05, 0.1) is 11.3 Å². The van der Waals surface area contributed by atoms with Crippen molar-refractivity contribution in [3.8, 4) is 0 Å². The lowest BCUT2D eigenvalue weighted by Gasteiger charge is -2.32. The molecular weight excluding hydrogens is 278 g/mol. The number of aromatic amines is 1. The number of nitrogens with zero attached hydrogens (tertiary/aromatic N) is 1. The number of hydrogen-bond donors (Lipinski definition) is 2. The molecule has 1 aliphatic rings. The van der Waals surface area contributed by atoms with Gasteiger partial charge in [-0.1, -0.05) is 0 Å². The van der Waals surface area contributed by atoms with Crippen LogP contribution in [0.3, 0.4) is 0 Å². The number of amides is 1. The first kappa shape index (κ1) is 15.1. The highest BCUT2D eigenvalue weighted by Crippen LogP contribution is 2.11. The first-order valence-electron chi connectivity index (χ1n) is 6.78. The Morgan fingerprint density at radius 1 is 1.45 bits per heavy atom. The number of H-pyrrole nitrogens is 1. The zero-order valence-electron chi connectivity index (χ0n) is 11.6. The normalized spacial score (nSPS) is 18.1. The van der Waals surface area contributed by atoms with Crippen LogP contribution in [0.4, 0.5) is 0 Å². The number of piperidine rings is 1. The van der Waals surface area contributed by atoms with Crippen LogP contribution in [-0.2, 0) is 9.84 Å². The topological polar surface area (TPSA) is 82.3 Å². The highest BCUT2D eigenvalue weighted by Gasteiger charge is 2.21. The second-order valence-electron chi connectivity index (χ2n) is 5.32. The fourth-order valence-corrected chi connectivity index (χ4v) is 2.92. The summed E-state index contributed by atoms with van der Waals surface area (Å²) in [6, 6.07) is 1.92. The summed E-state index contributed by atoms with van der Waals surface area (Å²) in [5, 5.41) is 3.01. The van der Waals surface area contributed by atoms with Crippen LogP contribution in [0.1, 0.15) is 23.2 Å². The van der Waals surface area contributed by atoms with Gasteiger partial charge in [0.1, 0.15) is 9.84 Å². The molecule has 0 aliphatic carbocycles. The van der Waals surface area contributed by atoms with E-state index in [0.29, 0.717) is 12.1 Å². The van der Waals surface area contributed by atoms with E-state index >= 15 is 0 Å². The summed E-state index contributed by atoms with van der Waals surface area (Å²) in [6.07, 6.45) is 6.38. The summed E-state index contributed by atoms with van der Waals surface area (Å²) >= 11 is 0. The summed E-state index contributed by atoms with van der Waals surface area (Å²) in [7, 11) is -2.90. The van der Waals surface area contributed by atoms with E-state index in [1.54, 1.807) is 18.5 Å². The lowest BCUT2D eigenvalue weighted by atomic mass is 10.0. The standard InChI is InChI=1S/C13H21N3O3S/c1-20(18,19)9-8-16-6-3-12(4-7-16)15-13(17)11-2-5-14-10-11/h2,5,10,12,14H,3-4,6-9H2,1H3,(H,15,17). The van der Waals surface area contributed by atoms with E-state index in [1.807, 2.05) is 0 Å². The van der Waals surface area contributed by atoms with Crippen LogP contribution in [0.5, 0.6) is 0 Å². The molecule has 0 aromatic carbocycles. The number of carbonyl (C=O) groups is 1. The zero-order chi connectivity index (χ0) is 14.6. The third-order valence-corrected chi connectivity index (χ3v) is 4.49. The molecule has 1 aromatic heterocycles. The van der Waals surface area contributed by atoms with Gasteiger partial charge >= 0.3 is 0 Å². The number of sulfone groups is 1. The molecule has 7 heteroatoms. The van der Waals surface area contributed by atoms with Gasteiger partial charge < -0.3 is 15.2 Å². The minimum absolute atomic E-state index is 0.0548. The van der Waals surface area contributed by atoms with Gasteiger partial charge in [0.2, 0.25) is 0 Å². The second-order valence-corrected chi connectivity index (χ2v) is 7.58. The molecule has 2 N–H and O–H groups in total. The zero-order valence-corrected chi connectivity index (χ0v) is 12.4. The average molecular weight is 299 g/mol. The molecule has 0 atom stereocenters. The molecule has 6 nitrogen and oxygen atoms in total. The Morgan fingerprint density at radius 2 is 2.15 bits per heavy atom. The number of aromatic nitrogens is 1. The van der Waals surface area contributed by atoms with E-state index in [-0.39, 0.29) is 17.7 Å². The smallest absolute Gasteiger partial charge is 0.253 e. The molecule has 112 valence electrons. The van der Waals surface area contributed by atoms with Crippen LogP contribution < -0.4 is 5.32 Å². The predicted octanol–water partition coefficient (Wildman–Crippen LogP) is 0.254. The SMILES string of the molecule is CS(=O)(=O)CCN1CCC(NC(=O)c2cc[nH]c2)CC1. The molecule has 0 radical (unpaired) electrons. The number of carbonyl (C=O) groups excluding carboxylic acids is 1. The Balaban J connectivity index is 1.73. The van der Waals surface area contributed by atoms with Crippen LogP contribution in [0.2, 0.25) is 0 Å². The van der Waals surface area contributed by atoms with E-state index in [4.69, 9.17) is 0 Å². The van der Waals surface area contributed by atoms with Crippen molar-refractivity contribution in [2.24, 2.45) is 0 Å². The van der Waals surface area contributed by atoms with Crippen LogP contribution in [-0.4, -0.2) is 61.9 Å². The van der Waals surface area contributed by atoms with Gasteiger partial charge in [-0.15, -0.1) is 0 Å². The summed E-state index contributed by atoms with van der Waals surface area (Å²) in [5.74, 6) is 0.147. The Bertz CT molecular complexity index is 531. The van der Waals surface area contributed by atoms with Crippen LogP contribution in [0, 0.1) is 0 Å².